The smallest absolute Gasteiger partial charge is 0.408 e. The summed E-state index contributed by atoms with van der Waals surface area (Å²) in [4.78, 5) is 25.1. The van der Waals surface area contributed by atoms with E-state index in [1.807, 2.05) is 20.8 Å². The zero-order chi connectivity index (χ0) is 23.5. The number of nitrogens with one attached hydrogen (secondary N) is 1. The Balaban J connectivity index is 4.76. The van der Waals surface area contributed by atoms with Gasteiger partial charge in [-0.2, -0.15) is 0 Å². The monoisotopic (exact) mass is 441 g/mol. The minimum Gasteiger partial charge on any atom is -0.464 e. The molecule has 2 atom stereocenters. The second-order valence-corrected chi connectivity index (χ2v) is 9.89. The Morgan fingerprint density at radius 3 is 1.84 bits per heavy atom. The van der Waals surface area contributed by atoms with Crippen LogP contribution in [0, 0.1) is 5.92 Å². The van der Waals surface area contributed by atoms with Gasteiger partial charge in [-0.05, 0) is 46.0 Å². The van der Waals surface area contributed by atoms with Gasteiger partial charge in [0.2, 0.25) is 0 Å². The van der Waals surface area contributed by atoms with Crippen molar-refractivity contribution in [2.45, 2.75) is 143 Å². The molecule has 0 saturated carbocycles. The molecule has 0 saturated heterocycles. The van der Waals surface area contributed by atoms with Gasteiger partial charge in [-0.25, -0.2) is 9.59 Å². The molecule has 184 valence electrons. The van der Waals surface area contributed by atoms with Crippen LogP contribution < -0.4 is 5.32 Å². The van der Waals surface area contributed by atoms with Gasteiger partial charge in [-0.15, -0.1) is 0 Å². The fourth-order valence-electron chi connectivity index (χ4n) is 3.61. The fraction of sp³-hybridized carbons (Fsp3) is 0.923. The maximum atomic E-state index is 12.8. The van der Waals surface area contributed by atoms with Crippen molar-refractivity contribution in [1.82, 2.24) is 5.32 Å². The number of alkyl carbamates (subject to hydrolysis) is 1. The lowest BCUT2D eigenvalue weighted by molar-refractivity contribution is -0.148. The third kappa shape index (κ3) is 18.1. The average Bonchev–Trinajstić information content (AvgIpc) is 2.69. The predicted octanol–water partition coefficient (Wildman–Crippen LogP) is 7.56. The number of rotatable bonds is 18. The first-order valence-electron chi connectivity index (χ1n) is 12.9. The van der Waals surface area contributed by atoms with E-state index in [0.717, 1.165) is 44.9 Å². The highest BCUT2D eigenvalue weighted by molar-refractivity contribution is 5.81. The lowest BCUT2D eigenvalue weighted by Gasteiger charge is -2.24. The molecule has 0 fully saturated rings. The first kappa shape index (κ1) is 29.7. The molecular formula is C26H51NO4. The Labute approximate surface area is 192 Å². The standard InChI is InChI=1S/C26H51NO4/c1-7-10-13-15-17-20-23(27-25(29)31-26(4,5)6)24(28)30-21-22(18-12-9-3)19-16-14-11-8-2/h22-23H,7-21H2,1-6H3,(H,27,29). The number of hydrogen-bond donors (Lipinski definition) is 1. The summed E-state index contributed by atoms with van der Waals surface area (Å²) in [5, 5.41) is 2.76. The van der Waals surface area contributed by atoms with E-state index in [0.29, 0.717) is 18.9 Å². The minimum absolute atomic E-state index is 0.323. The number of hydrogen-bond acceptors (Lipinski definition) is 4. The number of carbonyl (C=O) groups excluding carboxylic acids is 2. The summed E-state index contributed by atoms with van der Waals surface area (Å²) in [6, 6.07) is -0.636. The topological polar surface area (TPSA) is 64.6 Å². The van der Waals surface area contributed by atoms with Crippen molar-refractivity contribution in [1.29, 1.82) is 0 Å². The average molecular weight is 442 g/mol. The highest BCUT2D eigenvalue weighted by Gasteiger charge is 2.26. The summed E-state index contributed by atoms with van der Waals surface area (Å²) < 4.78 is 11.1. The Morgan fingerprint density at radius 2 is 1.26 bits per heavy atom. The molecule has 0 aromatic heterocycles. The molecular weight excluding hydrogens is 390 g/mol. The number of carbonyl (C=O) groups is 2. The van der Waals surface area contributed by atoms with Crippen molar-refractivity contribution in [2.24, 2.45) is 5.92 Å². The minimum atomic E-state index is -0.636. The molecule has 31 heavy (non-hydrogen) atoms. The Bertz CT molecular complexity index is 459. The number of ether oxygens (including phenoxy) is 2. The summed E-state index contributed by atoms with van der Waals surface area (Å²) in [5.74, 6) is 0.0869. The molecule has 2 unspecified atom stereocenters. The molecule has 0 bridgehead atoms. The summed E-state index contributed by atoms with van der Waals surface area (Å²) in [6.07, 6.45) is 15.0. The summed E-state index contributed by atoms with van der Waals surface area (Å²) in [7, 11) is 0. The van der Waals surface area contributed by atoms with Crippen molar-refractivity contribution < 1.29 is 19.1 Å². The third-order valence-electron chi connectivity index (χ3n) is 5.46. The Hall–Kier alpha value is -1.26. The van der Waals surface area contributed by atoms with Gasteiger partial charge < -0.3 is 14.8 Å². The van der Waals surface area contributed by atoms with E-state index in [9.17, 15) is 9.59 Å². The first-order chi connectivity index (χ1) is 14.7. The van der Waals surface area contributed by atoms with Gasteiger partial charge in [-0.1, -0.05) is 91.4 Å². The molecule has 1 amide bonds. The van der Waals surface area contributed by atoms with E-state index in [1.165, 1.54) is 38.5 Å². The van der Waals surface area contributed by atoms with Crippen LogP contribution >= 0.6 is 0 Å². The lowest BCUT2D eigenvalue weighted by atomic mass is 9.96. The second-order valence-electron chi connectivity index (χ2n) is 9.89. The molecule has 0 aliphatic heterocycles. The van der Waals surface area contributed by atoms with Crippen molar-refractivity contribution in [3.63, 3.8) is 0 Å². The van der Waals surface area contributed by atoms with Gasteiger partial charge in [0, 0.05) is 0 Å². The Kier molecular flexibility index (Phi) is 17.6. The van der Waals surface area contributed by atoms with Gasteiger partial charge in [0.25, 0.3) is 0 Å². The predicted molar refractivity (Wildman–Crippen MR) is 129 cm³/mol. The fourth-order valence-corrected chi connectivity index (χ4v) is 3.61. The molecule has 0 aliphatic carbocycles. The maximum Gasteiger partial charge on any atom is 0.408 e. The van der Waals surface area contributed by atoms with Crippen LogP contribution in [0.5, 0.6) is 0 Å². The molecule has 0 aliphatic rings. The highest BCUT2D eigenvalue weighted by Crippen LogP contribution is 2.19. The van der Waals surface area contributed by atoms with E-state index >= 15 is 0 Å². The molecule has 5 heteroatoms. The van der Waals surface area contributed by atoms with E-state index in [4.69, 9.17) is 9.47 Å². The van der Waals surface area contributed by atoms with Gasteiger partial charge >= 0.3 is 12.1 Å². The van der Waals surface area contributed by atoms with Gasteiger partial charge in [0.05, 0.1) is 6.61 Å². The van der Waals surface area contributed by atoms with E-state index < -0.39 is 17.7 Å². The molecule has 1 N–H and O–H groups in total. The van der Waals surface area contributed by atoms with Crippen LogP contribution in [-0.4, -0.2) is 30.3 Å². The molecule has 0 heterocycles. The van der Waals surface area contributed by atoms with E-state index in [-0.39, 0.29) is 5.97 Å². The van der Waals surface area contributed by atoms with Crippen LogP contribution in [0.2, 0.25) is 0 Å². The van der Waals surface area contributed by atoms with Crippen molar-refractivity contribution >= 4 is 12.1 Å². The quantitative estimate of drug-likeness (QED) is 0.176. The van der Waals surface area contributed by atoms with Crippen LogP contribution in [0.3, 0.4) is 0 Å². The summed E-state index contributed by atoms with van der Waals surface area (Å²) >= 11 is 0. The molecule has 5 nitrogen and oxygen atoms in total. The summed E-state index contributed by atoms with van der Waals surface area (Å²) in [6.45, 7) is 12.5. The van der Waals surface area contributed by atoms with E-state index in [2.05, 4.69) is 26.1 Å². The zero-order valence-corrected chi connectivity index (χ0v) is 21.4. The SMILES string of the molecule is CCCCCCCC(NC(=O)OC(C)(C)C)C(=O)OCC(CCCC)CCCCCC. The number of esters is 1. The van der Waals surface area contributed by atoms with Crippen LogP contribution in [-0.2, 0) is 14.3 Å². The first-order valence-corrected chi connectivity index (χ1v) is 12.9. The van der Waals surface area contributed by atoms with E-state index in [1.54, 1.807) is 0 Å². The molecule has 0 aromatic rings. The highest BCUT2D eigenvalue weighted by atomic mass is 16.6. The largest absolute Gasteiger partial charge is 0.464 e. The molecule has 0 spiro atoms. The molecule has 0 radical (unpaired) electrons. The van der Waals surface area contributed by atoms with Gasteiger partial charge in [0.1, 0.15) is 11.6 Å². The van der Waals surface area contributed by atoms with Crippen molar-refractivity contribution in [3.05, 3.63) is 0 Å². The molecule has 0 aromatic carbocycles. The number of amides is 1. The summed E-state index contributed by atoms with van der Waals surface area (Å²) in [5.41, 5.74) is -0.594. The maximum absolute atomic E-state index is 12.8. The van der Waals surface area contributed by atoms with Crippen molar-refractivity contribution in [3.8, 4) is 0 Å². The second kappa shape index (κ2) is 18.3. The number of unbranched alkanes of at least 4 members (excludes halogenated alkanes) is 8. The Morgan fingerprint density at radius 1 is 0.742 bits per heavy atom. The van der Waals surface area contributed by atoms with Crippen molar-refractivity contribution in [2.75, 3.05) is 6.61 Å². The lowest BCUT2D eigenvalue weighted by Crippen LogP contribution is -2.44. The van der Waals surface area contributed by atoms with Gasteiger partial charge in [-0.3, -0.25) is 0 Å². The molecule has 0 rings (SSSR count). The third-order valence-corrected chi connectivity index (χ3v) is 5.46. The normalized spacial score (nSPS) is 13.5. The van der Waals surface area contributed by atoms with Crippen LogP contribution in [0.4, 0.5) is 4.79 Å². The zero-order valence-electron chi connectivity index (χ0n) is 21.4. The van der Waals surface area contributed by atoms with Crippen LogP contribution in [0.25, 0.3) is 0 Å². The van der Waals surface area contributed by atoms with Crippen LogP contribution in [0.1, 0.15) is 131 Å². The van der Waals surface area contributed by atoms with Crippen LogP contribution in [0.15, 0.2) is 0 Å². The van der Waals surface area contributed by atoms with Gasteiger partial charge in [0.15, 0.2) is 0 Å².